The summed E-state index contributed by atoms with van der Waals surface area (Å²) in [6.45, 7) is -0.487. The van der Waals surface area contributed by atoms with E-state index in [1.54, 1.807) is 0 Å². The molecule has 1 saturated heterocycles. The standard InChI is InChI=1S/C12H15NO7S/c14-5-8-9(15)10(16)11(21)12(20-8)19-7-3-1-6(2-4-7)13(17)18/h1-4,8-12,14-16,21H,5H2/t8-,9-,10+,11-,12?/m1/s1. The molecule has 9 heteroatoms. The molecule has 1 aromatic rings. The fourth-order valence-corrected chi connectivity index (χ4v) is 2.25. The van der Waals surface area contributed by atoms with Crippen LogP contribution in [0.4, 0.5) is 5.69 Å². The molecule has 0 aromatic heterocycles. The van der Waals surface area contributed by atoms with Gasteiger partial charge in [0.05, 0.1) is 16.8 Å². The van der Waals surface area contributed by atoms with E-state index < -0.39 is 41.4 Å². The Kier molecular flexibility index (Phi) is 5.01. The number of ether oxygens (including phenoxy) is 2. The Morgan fingerprint density at radius 3 is 2.43 bits per heavy atom. The van der Waals surface area contributed by atoms with Crippen LogP contribution in [-0.2, 0) is 4.74 Å². The summed E-state index contributed by atoms with van der Waals surface area (Å²) in [4.78, 5) is 10.0. The van der Waals surface area contributed by atoms with Gasteiger partial charge in [-0.05, 0) is 12.1 Å². The summed E-state index contributed by atoms with van der Waals surface area (Å²) in [7, 11) is 0. The van der Waals surface area contributed by atoms with Crippen LogP contribution in [0.25, 0.3) is 0 Å². The molecular weight excluding hydrogens is 302 g/mol. The second-order valence-electron chi connectivity index (χ2n) is 4.57. The van der Waals surface area contributed by atoms with Gasteiger partial charge in [0.25, 0.3) is 5.69 Å². The van der Waals surface area contributed by atoms with Gasteiger partial charge in [0, 0.05) is 12.1 Å². The summed E-state index contributed by atoms with van der Waals surface area (Å²) >= 11 is 4.12. The number of hydrogen-bond acceptors (Lipinski definition) is 8. The molecule has 1 aromatic carbocycles. The number of non-ortho nitro benzene ring substituents is 1. The van der Waals surface area contributed by atoms with E-state index >= 15 is 0 Å². The van der Waals surface area contributed by atoms with Gasteiger partial charge < -0.3 is 24.8 Å². The Morgan fingerprint density at radius 1 is 1.29 bits per heavy atom. The minimum absolute atomic E-state index is 0.0852. The van der Waals surface area contributed by atoms with Gasteiger partial charge in [-0.1, -0.05) is 0 Å². The third-order valence-electron chi connectivity index (χ3n) is 3.15. The lowest BCUT2D eigenvalue weighted by Gasteiger charge is -2.40. The van der Waals surface area contributed by atoms with Crippen molar-refractivity contribution in [1.82, 2.24) is 0 Å². The smallest absolute Gasteiger partial charge is 0.269 e. The molecule has 0 saturated carbocycles. The van der Waals surface area contributed by atoms with Crippen LogP contribution in [0.15, 0.2) is 24.3 Å². The lowest BCUT2D eigenvalue weighted by atomic mass is 10.0. The Bertz CT molecular complexity index is 495. The maximum Gasteiger partial charge on any atom is 0.269 e. The van der Waals surface area contributed by atoms with E-state index in [4.69, 9.17) is 14.6 Å². The Hall–Kier alpha value is -1.39. The highest BCUT2D eigenvalue weighted by Crippen LogP contribution is 2.28. The molecule has 5 atom stereocenters. The van der Waals surface area contributed by atoms with E-state index in [-0.39, 0.29) is 11.4 Å². The monoisotopic (exact) mass is 317 g/mol. The number of nitrogens with zero attached hydrogens (tertiary/aromatic N) is 1. The molecule has 0 spiro atoms. The van der Waals surface area contributed by atoms with E-state index in [1.165, 1.54) is 24.3 Å². The second kappa shape index (κ2) is 6.58. The van der Waals surface area contributed by atoms with E-state index in [9.17, 15) is 20.3 Å². The van der Waals surface area contributed by atoms with Gasteiger partial charge in [0.15, 0.2) is 0 Å². The first-order valence-electron chi connectivity index (χ1n) is 6.15. The van der Waals surface area contributed by atoms with Crippen molar-refractivity contribution in [2.24, 2.45) is 0 Å². The van der Waals surface area contributed by atoms with E-state index in [0.717, 1.165) is 0 Å². The predicted octanol–water partition coefficient (Wildman–Crippen LogP) is -0.289. The number of nitro benzene ring substituents is 1. The second-order valence-corrected chi connectivity index (χ2v) is 5.16. The molecule has 1 fully saturated rings. The molecule has 3 N–H and O–H groups in total. The van der Waals surface area contributed by atoms with E-state index in [2.05, 4.69) is 12.6 Å². The molecule has 1 aliphatic rings. The number of rotatable bonds is 4. The fourth-order valence-electron chi connectivity index (χ4n) is 1.95. The topological polar surface area (TPSA) is 122 Å². The normalized spacial score (nSPS) is 32.7. The summed E-state index contributed by atoms with van der Waals surface area (Å²) in [5.41, 5.74) is -0.0852. The zero-order valence-electron chi connectivity index (χ0n) is 10.8. The predicted molar refractivity (Wildman–Crippen MR) is 74.3 cm³/mol. The summed E-state index contributed by atoms with van der Waals surface area (Å²) in [5, 5.41) is 38.3. The van der Waals surface area contributed by atoms with Crippen LogP contribution in [0, 0.1) is 10.1 Å². The van der Waals surface area contributed by atoms with Gasteiger partial charge >= 0.3 is 0 Å². The van der Waals surface area contributed by atoms with Crippen LogP contribution in [0.5, 0.6) is 5.75 Å². The quantitative estimate of drug-likeness (QED) is 0.342. The van der Waals surface area contributed by atoms with Crippen LogP contribution in [0.3, 0.4) is 0 Å². The van der Waals surface area contributed by atoms with Crippen molar-refractivity contribution in [3.05, 3.63) is 34.4 Å². The molecule has 0 aliphatic carbocycles. The molecule has 1 heterocycles. The number of hydrogen-bond donors (Lipinski definition) is 4. The van der Waals surface area contributed by atoms with Crippen LogP contribution < -0.4 is 4.74 Å². The molecule has 116 valence electrons. The first-order chi connectivity index (χ1) is 9.93. The highest BCUT2D eigenvalue weighted by molar-refractivity contribution is 7.81. The van der Waals surface area contributed by atoms with Crippen LogP contribution in [0.2, 0.25) is 0 Å². The van der Waals surface area contributed by atoms with Crippen LogP contribution in [0.1, 0.15) is 0 Å². The molecule has 0 radical (unpaired) electrons. The highest BCUT2D eigenvalue weighted by atomic mass is 32.1. The van der Waals surface area contributed by atoms with Crippen LogP contribution in [-0.4, -0.2) is 56.7 Å². The van der Waals surface area contributed by atoms with Gasteiger partial charge in [-0.3, -0.25) is 10.1 Å². The maximum absolute atomic E-state index is 10.6. The number of nitro groups is 1. The molecule has 2 rings (SSSR count). The van der Waals surface area contributed by atoms with Crippen molar-refractivity contribution in [3.63, 3.8) is 0 Å². The first kappa shape index (κ1) is 16.0. The largest absolute Gasteiger partial charge is 0.464 e. The zero-order chi connectivity index (χ0) is 15.6. The van der Waals surface area contributed by atoms with Gasteiger partial charge in [-0.2, -0.15) is 12.6 Å². The number of aliphatic hydroxyl groups is 3. The number of thiol groups is 1. The van der Waals surface area contributed by atoms with Crippen molar-refractivity contribution >= 4 is 18.3 Å². The average molecular weight is 317 g/mol. The average Bonchev–Trinajstić information content (AvgIpc) is 2.48. The van der Waals surface area contributed by atoms with Gasteiger partial charge in [0.2, 0.25) is 6.29 Å². The molecular formula is C12H15NO7S. The van der Waals surface area contributed by atoms with Crippen LogP contribution >= 0.6 is 12.6 Å². The fraction of sp³-hybridized carbons (Fsp3) is 0.500. The van der Waals surface area contributed by atoms with Gasteiger partial charge in [-0.15, -0.1) is 0 Å². The summed E-state index contributed by atoms with van der Waals surface area (Å²) < 4.78 is 10.8. The lowest BCUT2D eigenvalue weighted by Crippen LogP contribution is -2.58. The molecule has 8 nitrogen and oxygen atoms in total. The number of benzene rings is 1. The zero-order valence-corrected chi connectivity index (χ0v) is 11.7. The summed E-state index contributed by atoms with van der Waals surface area (Å²) in [6.07, 6.45) is -4.51. The third-order valence-corrected chi connectivity index (χ3v) is 3.70. The Morgan fingerprint density at radius 2 is 1.90 bits per heavy atom. The number of aliphatic hydroxyl groups excluding tert-OH is 3. The molecule has 1 aliphatic heterocycles. The lowest BCUT2D eigenvalue weighted by molar-refractivity contribution is -0.384. The van der Waals surface area contributed by atoms with Crippen molar-refractivity contribution in [3.8, 4) is 5.75 Å². The highest BCUT2D eigenvalue weighted by Gasteiger charge is 2.43. The molecule has 21 heavy (non-hydrogen) atoms. The third kappa shape index (κ3) is 3.44. The van der Waals surface area contributed by atoms with Crippen molar-refractivity contribution in [1.29, 1.82) is 0 Å². The Labute approximate surface area is 125 Å². The molecule has 0 bridgehead atoms. The maximum atomic E-state index is 10.6. The minimum Gasteiger partial charge on any atom is -0.464 e. The van der Waals surface area contributed by atoms with Crippen molar-refractivity contribution in [2.45, 2.75) is 29.9 Å². The van der Waals surface area contributed by atoms with E-state index in [0.29, 0.717) is 0 Å². The van der Waals surface area contributed by atoms with E-state index in [1.807, 2.05) is 0 Å². The molecule has 1 unspecified atom stereocenters. The van der Waals surface area contributed by atoms with Crippen molar-refractivity contribution < 1.29 is 29.7 Å². The minimum atomic E-state index is -1.27. The van der Waals surface area contributed by atoms with Crippen molar-refractivity contribution in [2.75, 3.05) is 6.61 Å². The Balaban J connectivity index is 2.08. The van der Waals surface area contributed by atoms with Gasteiger partial charge in [-0.25, -0.2) is 0 Å². The molecule has 0 amide bonds. The summed E-state index contributed by atoms with van der Waals surface area (Å²) in [6, 6.07) is 5.29. The first-order valence-corrected chi connectivity index (χ1v) is 6.67. The summed E-state index contributed by atoms with van der Waals surface area (Å²) in [5.74, 6) is 0.282. The van der Waals surface area contributed by atoms with Gasteiger partial charge in [0.1, 0.15) is 24.1 Å². The SMILES string of the molecule is O=[N+]([O-])c1ccc(OC2O[C@H](CO)[C@@H](O)[C@H](O)[C@H]2S)cc1.